The summed E-state index contributed by atoms with van der Waals surface area (Å²) < 4.78 is 39.3. The van der Waals surface area contributed by atoms with Gasteiger partial charge in [0.05, 0.1) is 26.7 Å². The highest BCUT2D eigenvalue weighted by Gasteiger charge is 2.33. The van der Waals surface area contributed by atoms with Crippen LogP contribution in [0.2, 0.25) is 0 Å². The molecule has 0 saturated carbocycles. The summed E-state index contributed by atoms with van der Waals surface area (Å²) in [6.07, 6.45) is -4.32. The minimum absolute atomic E-state index is 0.145. The zero-order valence-corrected chi connectivity index (χ0v) is 12.4. The van der Waals surface area contributed by atoms with E-state index in [9.17, 15) is 13.2 Å². The van der Waals surface area contributed by atoms with Gasteiger partial charge in [-0.05, 0) is 12.1 Å². The van der Waals surface area contributed by atoms with E-state index >= 15 is 0 Å². The lowest BCUT2D eigenvalue weighted by Gasteiger charge is -2.35. The molecule has 2 aromatic carbocycles. The molecule has 21 heavy (non-hydrogen) atoms. The number of halogens is 3. The quantitative estimate of drug-likeness (QED) is 0.731. The highest BCUT2D eigenvalue weighted by molar-refractivity contribution is 5.33. The first-order chi connectivity index (χ1) is 9.69. The topological polar surface area (TPSA) is 0 Å². The van der Waals surface area contributed by atoms with E-state index < -0.39 is 11.7 Å². The van der Waals surface area contributed by atoms with Crippen LogP contribution in [0.4, 0.5) is 13.2 Å². The maximum atomic E-state index is 12.9. The molecule has 1 nitrogen and oxygen atoms in total. The van der Waals surface area contributed by atoms with E-state index in [1.165, 1.54) is 12.1 Å². The van der Waals surface area contributed by atoms with E-state index in [1.54, 1.807) is 6.07 Å². The fraction of sp³-hybridized carbons (Fsp3) is 0.294. The second-order valence-corrected chi connectivity index (χ2v) is 6.05. The molecule has 0 radical (unpaired) electrons. The van der Waals surface area contributed by atoms with Crippen LogP contribution < -0.4 is 0 Å². The number of benzene rings is 2. The monoisotopic (exact) mass is 294 g/mol. The third-order valence-electron chi connectivity index (χ3n) is 3.42. The van der Waals surface area contributed by atoms with Gasteiger partial charge in [0.15, 0.2) is 0 Å². The Hall–Kier alpha value is -1.81. The summed E-state index contributed by atoms with van der Waals surface area (Å²) in [6, 6.07) is 15.1. The van der Waals surface area contributed by atoms with Gasteiger partial charge in [-0.15, -0.1) is 0 Å². The minimum atomic E-state index is -4.32. The zero-order chi connectivity index (χ0) is 15.7. The molecule has 0 aliphatic carbocycles. The molecule has 0 spiro atoms. The summed E-state index contributed by atoms with van der Waals surface area (Å²) in [5.41, 5.74) is 1.07. The fourth-order valence-corrected chi connectivity index (χ4v) is 2.61. The van der Waals surface area contributed by atoms with Crippen LogP contribution in [0.1, 0.15) is 22.7 Å². The van der Waals surface area contributed by atoms with Crippen LogP contribution >= 0.6 is 0 Å². The average molecular weight is 294 g/mol. The number of alkyl halides is 3. The normalized spacial score (nSPS) is 14.0. The molecule has 1 unspecified atom stereocenters. The van der Waals surface area contributed by atoms with E-state index in [1.807, 2.05) is 51.5 Å². The molecule has 0 aromatic heterocycles. The summed E-state index contributed by atoms with van der Waals surface area (Å²) in [6.45, 7) is 0. The molecule has 1 atom stereocenters. The van der Waals surface area contributed by atoms with Gasteiger partial charge in [0, 0.05) is 11.1 Å². The largest absolute Gasteiger partial charge is 0.416 e. The first-order valence-corrected chi connectivity index (χ1v) is 6.73. The number of hydrogen-bond donors (Lipinski definition) is 0. The van der Waals surface area contributed by atoms with Gasteiger partial charge in [0.25, 0.3) is 0 Å². The van der Waals surface area contributed by atoms with Crippen molar-refractivity contribution in [2.75, 3.05) is 21.1 Å². The highest BCUT2D eigenvalue weighted by atomic mass is 19.4. The maximum Gasteiger partial charge on any atom is 0.416 e. The lowest BCUT2D eigenvalue weighted by Crippen LogP contribution is -2.39. The zero-order valence-electron chi connectivity index (χ0n) is 12.4. The Morgan fingerprint density at radius 3 is 1.90 bits per heavy atom. The standard InChI is InChI=1S/C17H19F3N/c1-21(2,3)16(13-8-5-4-6-9-13)14-10-7-11-15(12-14)17(18,19)20/h4-12,16H,1-3H3/q+1. The first-order valence-electron chi connectivity index (χ1n) is 6.73. The molecule has 2 rings (SSSR count). The van der Waals surface area contributed by atoms with Crippen molar-refractivity contribution in [2.45, 2.75) is 12.2 Å². The highest BCUT2D eigenvalue weighted by Crippen LogP contribution is 2.35. The van der Waals surface area contributed by atoms with Crippen LogP contribution in [0, 0.1) is 0 Å². The molecule has 0 bridgehead atoms. The third-order valence-corrected chi connectivity index (χ3v) is 3.42. The molecular weight excluding hydrogens is 275 g/mol. The Bertz CT molecular complexity index is 597. The first kappa shape index (κ1) is 15.6. The molecule has 0 fully saturated rings. The minimum Gasteiger partial charge on any atom is -0.321 e. The van der Waals surface area contributed by atoms with Crippen LogP contribution in [0.3, 0.4) is 0 Å². The molecule has 0 amide bonds. The SMILES string of the molecule is C[N+](C)(C)C(c1ccccc1)c1cccc(C(F)(F)F)c1. The average Bonchev–Trinajstić information content (AvgIpc) is 2.38. The molecule has 4 heteroatoms. The summed E-state index contributed by atoms with van der Waals surface area (Å²) >= 11 is 0. The number of quaternary nitrogens is 1. The van der Waals surface area contributed by atoms with E-state index in [-0.39, 0.29) is 6.04 Å². The molecular formula is C17H19F3N+. The van der Waals surface area contributed by atoms with Gasteiger partial charge in [-0.25, -0.2) is 0 Å². The molecule has 0 aliphatic rings. The van der Waals surface area contributed by atoms with Crippen molar-refractivity contribution in [3.05, 3.63) is 71.3 Å². The molecule has 0 N–H and O–H groups in total. The van der Waals surface area contributed by atoms with Crippen LogP contribution in [0.5, 0.6) is 0 Å². The molecule has 0 heterocycles. The van der Waals surface area contributed by atoms with Crippen LogP contribution in [0.25, 0.3) is 0 Å². The molecule has 2 aromatic rings. The second-order valence-electron chi connectivity index (χ2n) is 6.05. The van der Waals surface area contributed by atoms with Crippen molar-refractivity contribution in [3.8, 4) is 0 Å². The van der Waals surface area contributed by atoms with Crippen molar-refractivity contribution in [3.63, 3.8) is 0 Å². The van der Waals surface area contributed by atoms with Crippen LogP contribution in [-0.2, 0) is 6.18 Å². The van der Waals surface area contributed by atoms with Crippen molar-refractivity contribution in [1.29, 1.82) is 0 Å². The fourth-order valence-electron chi connectivity index (χ4n) is 2.61. The lowest BCUT2D eigenvalue weighted by molar-refractivity contribution is -0.896. The van der Waals surface area contributed by atoms with E-state index in [2.05, 4.69) is 0 Å². The van der Waals surface area contributed by atoms with Gasteiger partial charge < -0.3 is 4.48 Å². The van der Waals surface area contributed by atoms with Crippen molar-refractivity contribution < 1.29 is 17.7 Å². The predicted octanol–water partition coefficient (Wildman–Crippen LogP) is 4.50. The van der Waals surface area contributed by atoms with E-state index in [0.29, 0.717) is 10.0 Å². The number of rotatable bonds is 3. The van der Waals surface area contributed by atoms with Gasteiger partial charge >= 0.3 is 6.18 Å². The maximum absolute atomic E-state index is 12.9. The summed E-state index contributed by atoms with van der Waals surface area (Å²) in [5, 5.41) is 0. The number of nitrogens with zero attached hydrogens (tertiary/aromatic N) is 1. The van der Waals surface area contributed by atoms with Gasteiger partial charge in [-0.3, -0.25) is 0 Å². The summed E-state index contributed by atoms with van der Waals surface area (Å²) in [4.78, 5) is 0. The smallest absolute Gasteiger partial charge is 0.321 e. The van der Waals surface area contributed by atoms with Gasteiger partial charge in [0.2, 0.25) is 0 Å². The van der Waals surface area contributed by atoms with Crippen LogP contribution in [-0.4, -0.2) is 25.6 Å². The number of hydrogen-bond acceptors (Lipinski definition) is 0. The predicted molar refractivity (Wildman–Crippen MR) is 77.8 cm³/mol. The third kappa shape index (κ3) is 3.64. The van der Waals surface area contributed by atoms with Gasteiger partial charge in [0.1, 0.15) is 6.04 Å². The van der Waals surface area contributed by atoms with Crippen molar-refractivity contribution in [1.82, 2.24) is 0 Å². The molecule has 0 saturated heterocycles. The lowest BCUT2D eigenvalue weighted by atomic mass is 9.95. The van der Waals surface area contributed by atoms with Gasteiger partial charge in [-0.2, -0.15) is 13.2 Å². The van der Waals surface area contributed by atoms with Gasteiger partial charge in [-0.1, -0.05) is 42.5 Å². The Morgan fingerprint density at radius 2 is 1.38 bits per heavy atom. The summed E-state index contributed by atoms with van der Waals surface area (Å²) in [7, 11) is 5.95. The molecule has 0 aliphatic heterocycles. The Balaban J connectivity index is 2.53. The van der Waals surface area contributed by atoms with Crippen LogP contribution in [0.15, 0.2) is 54.6 Å². The Labute approximate surface area is 123 Å². The van der Waals surface area contributed by atoms with E-state index in [0.717, 1.165) is 11.6 Å². The summed E-state index contributed by atoms with van der Waals surface area (Å²) in [5.74, 6) is 0. The second kappa shape index (κ2) is 5.53. The Morgan fingerprint density at radius 1 is 0.810 bits per heavy atom. The Kier molecular flexibility index (Phi) is 4.10. The van der Waals surface area contributed by atoms with Crippen molar-refractivity contribution >= 4 is 0 Å². The van der Waals surface area contributed by atoms with E-state index in [4.69, 9.17) is 0 Å². The van der Waals surface area contributed by atoms with Crippen molar-refractivity contribution in [2.24, 2.45) is 0 Å². The molecule has 112 valence electrons.